The number of hydrogen-bond acceptors (Lipinski definition) is 4. The lowest BCUT2D eigenvalue weighted by Gasteiger charge is -2.24. The average molecular weight is 155 g/mol. The molecule has 1 heterocycles. The van der Waals surface area contributed by atoms with Gasteiger partial charge in [0.2, 0.25) is 0 Å². The zero-order chi connectivity index (χ0) is 8.27. The molecule has 11 heavy (non-hydrogen) atoms. The highest BCUT2D eigenvalue weighted by atomic mass is 16.4. The number of aliphatic carboxylic acids is 1. The van der Waals surface area contributed by atoms with E-state index in [1.54, 1.807) is 0 Å². The second-order valence-electron chi connectivity index (χ2n) is 2.40. The largest absolute Gasteiger partial charge is 0.480 e. The van der Waals surface area contributed by atoms with Crippen LogP contribution in [0.5, 0.6) is 0 Å². The molecule has 1 saturated heterocycles. The van der Waals surface area contributed by atoms with Crippen molar-refractivity contribution in [3.05, 3.63) is 0 Å². The van der Waals surface area contributed by atoms with Crippen molar-refractivity contribution in [1.82, 2.24) is 10.6 Å². The van der Waals surface area contributed by atoms with E-state index in [0.29, 0.717) is 13.1 Å². The molecule has 1 fully saturated rings. The van der Waals surface area contributed by atoms with Crippen LogP contribution in [0.15, 0.2) is 0 Å². The van der Waals surface area contributed by atoms with E-state index in [4.69, 9.17) is 10.4 Å². The molecule has 0 aromatic heterocycles. The van der Waals surface area contributed by atoms with Crippen LogP contribution in [0.3, 0.4) is 0 Å². The summed E-state index contributed by atoms with van der Waals surface area (Å²) in [6.45, 7) is 0.897. The summed E-state index contributed by atoms with van der Waals surface area (Å²) in [5.74, 6) is -0.919. The number of carbonyl (C=O) groups is 1. The lowest BCUT2D eigenvalue weighted by molar-refractivity contribution is -0.139. The molecule has 0 radical (unpaired) electrons. The van der Waals surface area contributed by atoms with Crippen LogP contribution in [0.4, 0.5) is 0 Å². The second-order valence-corrected chi connectivity index (χ2v) is 2.40. The molecule has 0 saturated carbocycles. The molecule has 5 nitrogen and oxygen atoms in total. The fraction of sp³-hybridized carbons (Fsp3) is 0.667. The Morgan fingerprint density at radius 2 is 2.36 bits per heavy atom. The number of carboxylic acid groups (broad SMARTS) is 1. The van der Waals surface area contributed by atoms with Crippen LogP contribution in [0.25, 0.3) is 0 Å². The average Bonchev–Trinajstić information content (AvgIpc) is 2.05. The third-order valence-electron chi connectivity index (χ3n) is 1.55. The fourth-order valence-electron chi connectivity index (χ4n) is 0.974. The van der Waals surface area contributed by atoms with E-state index in [9.17, 15) is 4.79 Å². The Hall–Kier alpha value is -1.12. The van der Waals surface area contributed by atoms with Crippen LogP contribution in [0, 0.1) is 11.3 Å². The maximum atomic E-state index is 10.4. The van der Waals surface area contributed by atoms with Crippen LogP contribution in [0.2, 0.25) is 0 Å². The van der Waals surface area contributed by atoms with Crippen LogP contribution in [-0.4, -0.2) is 36.2 Å². The van der Waals surface area contributed by atoms with Crippen LogP contribution < -0.4 is 10.6 Å². The lowest BCUT2D eigenvalue weighted by Crippen LogP contribution is -2.57. The van der Waals surface area contributed by atoms with Gasteiger partial charge in [0.15, 0.2) is 0 Å². The maximum absolute atomic E-state index is 10.4. The summed E-state index contributed by atoms with van der Waals surface area (Å²) in [6, 6.07) is 0.936. The van der Waals surface area contributed by atoms with Gasteiger partial charge in [-0.2, -0.15) is 5.26 Å². The minimum atomic E-state index is -0.919. The van der Waals surface area contributed by atoms with Crippen LogP contribution in [0.1, 0.15) is 0 Å². The van der Waals surface area contributed by atoms with Gasteiger partial charge in [0.1, 0.15) is 12.1 Å². The number of piperazine rings is 1. The predicted molar refractivity (Wildman–Crippen MR) is 36.8 cm³/mol. The molecule has 0 aliphatic carbocycles. The van der Waals surface area contributed by atoms with Crippen molar-refractivity contribution < 1.29 is 9.90 Å². The molecule has 1 aliphatic heterocycles. The predicted octanol–water partition coefficient (Wildman–Crippen LogP) is -1.48. The molecule has 60 valence electrons. The maximum Gasteiger partial charge on any atom is 0.322 e. The summed E-state index contributed by atoms with van der Waals surface area (Å²) in [6.07, 6.45) is 0. The highest BCUT2D eigenvalue weighted by Crippen LogP contribution is 1.92. The number of nitrogens with zero attached hydrogens (tertiary/aromatic N) is 1. The first-order valence-corrected chi connectivity index (χ1v) is 3.33. The van der Waals surface area contributed by atoms with E-state index in [1.165, 1.54) is 0 Å². The Bertz CT molecular complexity index is 198. The van der Waals surface area contributed by atoms with Crippen molar-refractivity contribution in [3.63, 3.8) is 0 Å². The van der Waals surface area contributed by atoms with E-state index in [1.807, 2.05) is 6.07 Å². The van der Waals surface area contributed by atoms with Gasteiger partial charge in [-0.1, -0.05) is 0 Å². The van der Waals surface area contributed by atoms with Crippen molar-refractivity contribution in [2.45, 2.75) is 12.1 Å². The topological polar surface area (TPSA) is 85.2 Å². The molecule has 0 bridgehead atoms. The van der Waals surface area contributed by atoms with Crippen LogP contribution in [-0.2, 0) is 4.79 Å². The van der Waals surface area contributed by atoms with Gasteiger partial charge in [-0.05, 0) is 0 Å². The molecule has 1 aliphatic rings. The lowest BCUT2D eigenvalue weighted by atomic mass is 10.2. The Morgan fingerprint density at radius 3 is 2.91 bits per heavy atom. The first kappa shape index (κ1) is 7.98. The number of rotatable bonds is 1. The molecule has 3 N–H and O–H groups in total. The molecular formula is C6H9N3O2. The molecule has 0 amide bonds. The minimum Gasteiger partial charge on any atom is -0.480 e. The monoisotopic (exact) mass is 155 g/mol. The Morgan fingerprint density at radius 1 is 1.64 bits per heavy atom. The van der Waals surface area contributed by atoms with Crippen LogP contribution >= 0.6 is 0 Å². The zero-order valence-corrected chi connectivity index (χ0v) is 5.87. The molecule has 2 unspecified atom stereocenters. The van der Waals surface area contributed by atoms with Gasteiger partial charge in [-0.3, -0.25) is 10.1 Å². The molecular weight excluding hydrogens is 146 g/mol. The highest BCUT2D eigenvalue weighted by Gasteiger charge is 2.24. The van der Waals surface area contributed by atoms with Gasteiger partial charge in [-0.15, -0.1) is 0 Å². The summed E-state index contributed by atoms with van der Waals surface area (Å²) in [4.78, 5) is 10.4. The third kappa shape index (κ3) is 1.90. The van der Waals surface area contributed by atoms with Crippen molar-refractivity contribution in [1.29, 1.82) is 5.26 Å². The minimum absolute atomic E-state index is 0.382. The number of nitrogens with one attached hydrogen (secondary N) is 2. The first-order chi connectivity index (χ1) is 5.24. The molecule has 5 heteroatoms. The van der Waals surface area contributed by atoms with Gasteiger partial charge in [0, 0.05) is 13.1 Å². The van der Waals surface area contributed by atoms with Crippen molar-refractivity contribution in [2.75, 3.05) is 13.1 Å². The number of hydrogen-bond donors (Lipinski definition) is 3. The molecule has 1 rings (SSSR count). The third-order valence-corrected chi connectivity index (χ3v) is 1.55. The molecule has 2 atom stereocenters. The van der Waals surface area contributed by atoms with Gasteiger partial charge in [0.25, 0.3) is 0 Å². The first-order valence-electron chi connectivity index (χ1n) is 3.33. The number of carboxylic acids is 1. The number of nitriles is 1. The van der Waals surface area contributed by atoms with Gasteiger partial charge in [0.05, 0.1) is 6.07 Å². The molecule has 0 aromatic rings. The fourth-order valence-corrected chi connectivity index (χ4v) is 0.974. The molecule has 0 aromatic carbocycles. The molecule has 0 spiro atoms. The summed E-state index contributed by atoms with van der Waals surface area (Å²) < 4.78 is 0. The Kier molecular flexibility index (Phi) is 2.41. The Labute approximate surface area is 64.0 Å². The highest BCUT2D eigenvalue weighted by molar-refractivity contribution is 5.74. The summed E-state index contributed by atoms with van der Waals surface area (Å²) >= 11 is 0. The summed E-state index contributed by atoms with van der Waals surface area (Å²) in [5, 5.41) is 22.5. The van der Waals surface area contributed by atoms with E-state index in [0.717, 1.165) is 0 Å². The quantitative estimate of drug-likeness (QED) is 0.430. The summed E-state index contributed by atoms with van der Waals surface area (Å²) in [5.41, 5.74) is 0. The smallest absolute Gasteiger partial charge is 0.322 e. The van der Waals surface area contributed by atoms with E-state index >= 15 is 0 Å². The SMILES string of the molecule is N#CC1CNCC(C(=O)O)N1. The van der Waals surface area contributed by atoms with Crippen molar-refractivity contribution in [3.8, 4) is 6.07 Å². The van der Waals surface area contributed by atoms with Gasteiger partial charge in [-0.25, -0.2) is 0 Å². The standard InChI is InChI=1S/C6H9N3O2/c7-1-4-2-8-3-5(9-4)6(10)11/h4-5,8-9H,2-3H2,(H,10,11). The summed E-state index contributed by atoms with van der Waals surface area (Å²) in [7, 11) is 0. The van der Waals surface area contributed by atoms with Gasteiger partial charge < -0.3 is 10.4 Å². The Balaban J connectivity index is 2.47. The normalized spacial score (nSPS) is 30.8. The zero-order valence-electron chi connectivity index (χ0n) is 5.87. The van der Waals surface area contributed by atoms with Gasteiger partial charge >= 0.3 is 5.97 Å². The van der Waals surface area contributed by atoms with E-state index in [2.05, 4.69) is 10.6 Å². The van der Waals surface area contributed by atoms with Crippen molar-refractivity contribution >= 4 is 5.97 Å². The van der Waals surface area contributed by atoms with E-state index in [-0.39, 0.29) is 6.04 Å². The van der Waals surface area contributed by atoms with E-state index < -0.39 is 12.0 Å². The second kappa shape index (κ2) is 3.32. The van der Waals surface area contributed by atoms with Crippen molar-refractivity contribution in [2.24, 2.45) is 0 Å².